The highest BCUT2D eigenvalue weighted by Gasteiger charge is 2.28. The van der Waals surface area contributed by atoms with E-state index in [1.54, 1.807) is 11.3 Å². The monoisotopic (exact) mass is 489 g/mol. The zero-order valence-electron chi connectivity index (χ0n) is 18.8. The van der Waals surface area contributed by atoms with E-state index in [1.165, 1.54) is 11.1 Å². The van der Waals surface area contributed by atoms with Crippen LogP contribution < -0.4 is 0 Å². The lowest BCUT2D eigenvalue weighted by Crippen LogP contribution is -2.50. The first-order valence-electron chi connectivity index (χ1n) is 11.5. The van der Waals surface area contributed by atoms with Crippen LogP contribution >= 0.6 is 23.6 Å². The molecule has 5 rings (SSSR count). The van der Waals surface area contributed by atoms with Crippen LogP contribution in [0.4, 0.5) is 0 Å². The summed E-state index contributed by atoms with van der Waals surface area (Å²) in [6, 6.07) is 25.4. The van der Waals surface area contributed by atoms with Crippen LogP contribution in [0.1, 0.15) is 23.6 Å². The molecule has 8 heteroatoms. The molecule has 174 valence electrons. The fourth-order valence-electron chi connectivity index (χ4n) is 4.60. The molecule has 1 fully saturated rings. The number of hydrogen-bond donors (Lipinski definition) is 1. The maximum absolute atomic E-state index is 13.1. The van der Waals surface area contributed by atoms with Crippen molar-refractivity contribution < 1.29 is 4.79 Å². The molecule has 1 N–H and O–H groups in total. The van der Waals surface area contributed by atoms with E-state index in [0.717, 1.165) is 36.9 Å². The molecule has 34 heavy (non-hydrogen) atoms. The van der Waals surface area contributed by atoms with Crippen molar-refractivity contribution in [2.45, 2.75) is 19.0 Å². The van der Waals surface area contributed by atoms with Crippen LogP contribution in [0.3, 0.4) is 0 Å². The number of carbonyl (C=O) groups excluding carboxylic acids is 1. The molecule has 2 aromatic carbocycles. The molecular weight excluding hydrogens is 462 g/mol. The van der Waals surface area contributed by atoms with Crippen LogP contribution in [-0.4, -0.2) is 56.7 Å². The summed E-state index contributed by atoms with van der Waals surface area (Å²) in [5.41, 5.74) is 2.56. The van der Waals surface area contributed by atoms with Gasteiger partial charge in [0.2, 0.25) is 5.91 Å². The first kappa shape index (κ1) is 22.7. The van der Waals surface area contributed by atoms with Crippen molar-refractivity contribution in [2.24, 2.45) is 0 Å². The second-order valence-corrected chi connectivity index (χ2v) is 9.71. The van der Waals surface area contributed by atoms with Gasteiger partial charge in [0.15, 0.2) is 10.6 Å². The van der Waals surface area contributed by atoms with Crippen molar-refractivity contribution in [3.8, 4) is 10.7 Å². The normalized spacial score (nSPS) is 14.6. The van der Waals surface area contributed by atoms with E-state index in [2.05, 4.69) is 75.8 Å². The summed E-state index contributed by atoms with van der Waals surface area (Å²) < 4.78 is 2.48. The Morgan fingerprint density at radius 3 is 2.18 bits per heavy atom. The van der Waals surface area contributed by atoms with Crippen LogP contribution in [0.25, 0.3) is 10.7 Å². The molecule has 1 aliphatic heterocycles. The molecule has 0 unspecified atom stereocenters. The third-order valence-corrected chi connectivity index (χ3v) is 7.49. The average molecular weight is 490 g/mol. The lowest BCUT2D eigenvalue weighted by atomic mass is 9.96. The number of nitrogens with zero attached hydrogens (tertiary/aromatic N) is 4. The second kappa shape index (κ2) is 10.5. The van der Waals surface area contributed by atoms with Gasteiger partial charge in [0.05, 0.1) is 10.9 Å². The standard InChI is InChI=1S/C26H27N5OS2/c32-23(13-14-31-25(27-28-26(31)33)22-12-7-19-34-22)29-15-17-30(18-16-29)24(20-8-3-1-4-9-20)21-10-5-2-6-11-21/h1-12,19,24H,13-18H2,(H,28,33). The third-order valence-electron chi connectivity index (χ3n) is 6.31. The number of rotatable bonds is 7. The van der Waals surface area contributed by atoms with Gasteiger partial charge < -0.3 is 4.90 Å². The Morgan fingerprint density at radius 1 is 0.941 bits per heavy atom. The van der Waals surface area contributed by atoms with Gasteiger partial charge in [0.1, 0.15) is 0 Å². The van der Waals surface area contributed by atoms with E-state index >= 15 is 0 Å². The summed E-state index contributed by atoms with van der Waals surface area (Å²) in [4.78, 5) is 18.6. The van der Waals surface area contributed by atoms with Crippen molar-refractivity contribution in [1.82, 2.24) is 24.6 Å². The summed E-state index contributed by atoms with van der Waals surface area (Å²) in [6.45, 7) is 3.66. The van der Waals surface area contributed by atoms with E-state index in [4.69, 9.17) is 12.2 Å². The molecule has 1 aliphatic rings. The quantitative estimate of drug-likeness (QED) is 0.372. The summed E-state index contributed by atoms with van der Waals surface area (Å²) in [6.07, 6.45) is 0.410. The molecule has 4 aromatic rings. The largest absolute Gasteiger partial charge is 0.340 e. The smallest absolute Gasteiger partial charge is 0.224 e. The van der Waals surface area contributed by atoms with Crippen molar-refractivity contribution >= 4 is 29.5 Å². The molecule has 0 aliphatic carbocycles. The Balaban J connectivity index is 1.23. The molecule has 1 saturated heterocycles. The molecule has 6 nitrogen and oxygen atoms in total. The number of piperazine rings is 1. The number of nitrogens with one attached hydrogen (secondary N) is 1. The zero-order chi connectivity index (χ0) is 23.3. The molecule has 0 radical (unpaired) electrons. The minimum atomic E-state index is 0.163. The predicted molar refractivity (Wildman–Crippen MR) is 138 cm³/mol. The van der Waals surface area contributed by atoms with Crippen molar-refractivity contribution in [1.29, 1.82) is 0 Å². The number of thiophene rings is 1. The highest BCUT2D eigenvalue weighted by molar-refractivity contribution is 7.71. The second-order valence-electron chi connectivity index (χ2n) is 8.37. The van der Waals surface area contributed by atoms with Gasteiger partial charge in [-0.05, 0) is 34.8 Å². The van der Waals surface area contributed by atoms with E-state index in [-0.39, 0.29) is 11.9 Å². The molecule has 0 spiro atoms. The fourth-order valence-corrected chi connectivity index (χ4v) is 5.54. The van der Waals surface area contributed by atoms with E-state index in [9.17, 15) is 4.79 Å². The minimum absolute atomic E-state index is 0.163. The number of amides is 1. The number of H-pyrrole nitrogens is 1. The zero-order valence-corrected chi connectivity index (χ0v) is 20.5. The van der Waals surface area contributed by atoms with E-state index < -0.39 is 0 Å². The van der Waals surface area contributed by atoms with Gasteiger partial charge in [0, 0.05) is 39.1 Å². The third kappa shape index (κ3) is 4.89. The summed E-state index contributed by atoms with van der Waals surface area (Å²) in [5.74, 6) is 0.960. The number of benzene rings is 2. The molecule has 0 atom stereocenters. The maximum Gasteiger partial charge on any atom is 0.224 e. The van der Waals surface area contributed by atoms with Crippen LogP contribution in [0.5, 0.6) is 0 Å². The van der Waals surface area contributed by atoms with Gasteiger partial charge in [-0.25, -0.2) is 0 Å². The highest BCUT2D eigenvalue weighted by Crippen LogP contribution is 2.29. The topological polar surface area (TPSA) is 57.2 Å². The molecule has 1 amide bonds. The molecule has 0 saturated carbocycles. The first-order chi connectivity index (χ1) is 16.7. The van der Waals surface area contributed by atoms with Gasteiger partial charge in [-0.3, -0.25) is 19.4 Å². The Hall–Kier alpha value is -3.07. The number of aromatic amines is 1. The summed E-state index contributed by atoms with van der Waals surface area (Å²) >= 11 is 7.02. The first-order valence-corrected chi connectivity index (χ1v) is 12.8. The Labute approximate surface area is 208 Å². The number of aromatic nitrogens is 3. The molecular formula is C26H27N5OS2. The van der Waals surface area contributed by atoms with Gasteiger partial charge in [-0.1, -0.05) is 66.7 Å². The van der Waals surface area contributed by atoms with Gasteiger partial charge in [0.25, 0.3) is 0 Å². The van der Waals surface area contributed by atoms with Crippen molar-refractivity contribution in [2.75, 3.05) is 26.2 Å². The lowest BCUT2D eigenvalue weighted by Gasteiger charge is -2.40. The highest BCUT2D eigenvalue weighted by atomic mass is 32.1. The lowest BCUT2D eigenvalue weighted by molar-refractivity contribution is -0.133. The Bertz CT molecular complexity index is 1220. The van der Waals surface area contributed by atoms with Crippen LogP contribution in [-0.2, 0) is 11.3 Å². The fraction of sp³-hybridized carbons (Fsp3) is 0.269. The van der Waals surface area contributed by atoms with Gasteiger partial charge in [-0.2, -0.15) is 5.10 Å². The molecule has 0 bridgehead atoms. The Morgan fingerprint density at radius 2 is 1.59 bits per heavy atom. The number of carbonyl (C=O) groups is 1. The summed E-state index contributed by atoms with van der Waals surface area (Å²) in [5, 5.41) is 9.24. The van der Waals surface area contributed by atoms with Crippen molar-refractivity contribution in [3.63, 3.8) is 0 Å². The van der Waals surface area contributed by atoms with E-state index in [1.807, 2.05) is 27.0 Å². The molecule has 3 heterocycles. The SMILES string of the molecule is O=C(CCn1c(-c2cccs2)n[nH]c1=S)N1CCN(C(c2ccccc2)c2ccccc2)CC1. The van der Waals surface area contributed by atoms with E-state index in [0.29, 0.717) is 17.7 Å². The number of hydrogen-bond acceptors (Lipinski definition) is 5. The minimum Gasteiger partial charge on any atom is -0.340 e. The maximum atomic E-state index is 13.1. The van der Waals surface area contributed by atoms with Crippen LogP contribution in [0.15, 0.2) is 78.2 Å². The summed E-state index contributed by atoms with van der Waals surface area (Å²) in [7, 11) is 0. The molecule has 2 aromatic heterocycles. The van der Waals surface area contributed by atoms with Crippen molar-refractivity contribution in [3.05, 3.63) is 94.1 Å². The van der Waals surface area contributed by atoms with Gasteiger partial charge in [-0.15, -0.1) is 11.3 Å². The predicted octanol–water partition coefficient (Wildman–Crippen LogP) is 4.99. The average Bonchev–Trinajstić information content (AvgIpc) is 3.54. The Kier molecular flexibility index (Phi) is 6.99. The van der Waals surface area contributed by atoms with Crippen LogP contribution in [0, 0.1) is 4.77 Å². The van der Waals surface area contributed by atoms with Gasteiger partial charge >= 0.3 is 0 Å². The van der Waals surface area contributed by atoms with Crippen LogP contribution in [0.2, 0.25) is 0 Å².